The maximum Gasteiger partial charge on any atom is 0.220 e. The van der Waals surface area contributed by atoms with Gasteiger partial charge in [0.1, 0.15) is 73.2 Å². The van der Waals surface area contributed by atoms with Crippen molar-refractivity contribution in [2.75, 3.05) is 26.4 Å². The summed E-state index contributed by atoms with van der Waals surface area (Å²) < 4.78 is 34.5. The van der Waals surface area contributed by atoms with Crippen LogP contribution in [-0.4, -0.2) is 193 Å². The molecule has 0 aliphatic carbocycles. The number of hydrogen-bond donors (Lipinski definition) is 12. The van der Waals surface area contributed by atoms with E-state index in [1.165, 1.54) is 148 Å². The van der Waals surface area contributed by atoms with E-state index in [0.717, 1.165) is 96.3 Å². The van der Waals surface area contributed by atoms with E-state index in [-0.39, 0.29) is 18.9 Å². The summed E-state index contributed by atoms with van der Waals surface area (Å²) in [5.41, 5.74) is 0. The van der Waals surface area contributed by atoms with E-state index >= 15 is 0 Å². The van der Waals surface area contributed by atoms with E-state index in [9.17, 15) is 61.0 Å². The number of nitrogens with one attached hydrogen (secondary N) is 1. The molecule has 3 aliphatic rings. The molecule has 17 unspecified atom stereocenters. The molecule has 19 nitrogen and oxygen atoms in total. The van der Waals surface area contributed by atoms with Crippen molar-refractivity contribution >= 4 is 5.91 Å². The summed E-state index contributed by atoms with van der Waals surface area (Å²) in [7, 11) is 0. The van der Waals surface area contributed by atoms with Gasteiger partial charge in [0.25, 0.3) is 0 Å². The largest absolute Gasteiger partial charge is 0.394 e. The topological polar surface area (TPSA) is 307 Å². The van der Waals surface area contributed by atoms with Crippen molar-refractivity contribution in [3.63, 3.8) is 0 Å². The lowest BCUT2D eigenvalue weighted by molar-refractivity contribution is -0.379. The number of carbonyl (C=O) groups is 1. The molecular formula is C77H137NO18. The number of ether oxygens (including phenoxy) is 6. The second-order valence-electron chi connectivity index (χ2n) is 27.1. The molecule has 0 aromatic carbocycles. The minimum atomic E-state index is -1.98. The molecule has 12 N–H and O–H groups in total. The molecule has 1 amide bonds. The van der Waals surface area contributed by atoms with E-state index in [4.69, 9.17) is 28.4 Å². The lowest BCUT2D eigenvalue weighted by atomic mass is 9.96. The number of aliphatic hydroxyl groups excluding tert-OH is 11. The molecule has 0 spiro atoms. The van der Waals surface area contributed by atoms with Gasteiger partial charge in [0.05, 0.1) is 38.6 Å². The van der Waals surface area contributed by atoms with Crippen LogP contribution in [0.25, 0.3) is 0 Å². The normalized spacial score (nSPS) is 27.4. The average molecular weight is 1360 g/mol. The zero-order valence-electron chi connectivity index (χ0n) is 59.3. The average Bonchev–Trinajstić information content (AvgIpc) is 1.09. The second-order valence-corrected chi connectivity index (χ2v) is 27.1. The summed E-state index contributed by atoms with van der Waals surface area (Å²) in [5.74, 6) is -0.251. The van der Waals surface area contributed by atoms with Crippen LogP contribution in [0, 0.1) is 0 Å². The molecule has 0 radical (unpaired) electrons. The van der Waals surface area contributed by atoms with Crippen molar-refractivity contribution in [1.29, 1.82) is 0 Å². The predicted molar refractivity (Wildman–Crippen MR) is 378 cm³/mol. The highest BCUT2D eigenvalue weighted by molar-refractivity contribution is 5.76. The van der Waals surface area contributed by atoms with Crippen molar-refractivity contribution in [2.24, 2.45) is 0 Å². The van der Waals surface area contributed by atoms with Crippen molar-refractivity contribution < 1.29 is 89.4 Å². The zero-order valence-corrected chi connectivity index (χ0v) is 59.3. The Morgan fingerprint density at radius 2 is 0.719 bits per heavy atom. The lowest BCUT2D eigenvalue weighted by Crippen LogP contribution is -2.66. The van der Waals surface area contributed by atoms with Gasteiger partial charge in [-0.25, -0.2) is 0 Å². The Hall–Kier alpha value is -2.77. The molecule has 96 heavy (non-hydrogen) atoms. The SMILES string of the molecule is CC/C=C\C/C=C\C/C=C\C/C=C\C/C=C\C/C=C\CCCCCCCCCCC(=O)NC(COC1OC(CO)C(OC2OC(CO)C(OC3OC(CO)C(O)C(O)C3O)C(O)C2O)C(O)C1O)C(O)CCCCCCCCCCCCCCCCCCCCCCCCCC. The number of hydrogen-bond acceptors (Lipinski definition) is 18. The number of aliphatic hydroxyl groups is 11. The fourth-order valence-electron chi connectivity index (χ4n) is 12.7. The third-order valence-electron chi connectivity index (χ3n) is 18.8. The molecule has 0 bridgehead atoms. The predicted octanol–water partition coefficient (Wildman–Crippen LogP) is 11.7. The molecule has 3 aliphatic heterocycles. The molecule has 17 atom stereocenters. The van der Waals surface area contributed by atoms with Crippen LogP contribution < -0.4 is 5.32 Å². The first-order chi connectivity index (χ1) is 46.8. The van der Waals surface area contributed by atoms with Crippen molar-refractivity contribution in [2.45, 2.75) is 381 Å². The molecule has 3 saturated heterocycles. The van der Waals surface area contributed by atoms with Gasteiger partial charge in [0.15, 0.2) is 18.9 Å². The lowest BCUT2D eigenvalue weighted by Gasteiger charge is -2.48. The summed E-state index contributed by atoms with van der Waals surface area (Å²) >= 11 is 0. The van der Waals surface area contributed by atoms with E-state index in [0.29, 0.717) is 12.8 Å². The van der Waals surface area contributed by atoms with E-state index < -0.39 is 124 Å². The first-order valence-corrected chi connectivity index (χ1v) is 38.2. The van der Waals surface area contributed by atoms with Crippen LogP contribution in [0.15, 0.2) is 72.9 Å². The Labute approximate surface area is 578 Å². The van der Waals surface area contributed by atoms with Gasteiger partial charge >= 0.3 is 0 Å². The zero-order chi connectivity index (χ0) is 69.6. The number of amides is 1. The smallest absolute Gasteiger partial charge is 0.220 e. The summed E-state index contributed by atoms with van der Waals surface area (Å²) in [6, 6.07) is -0.898. The third kappa shape index (κ3) is 38.3. The van der Waals surface area contributed by atoms with Crippen molar-refractivity contribution in [1.82, 2.24) is 5.32 Å². The molecule has 3 rings (SSSR count). The standard InChI is InChI=1S/C77H137NO18/c1-3-5-7-9-11-13-15-17-19-21-23-25-27-29-30-31-33-35-37-39-41-43-45-47-49-51-53-55-65(83)78-60(61(82)54-52-50-48-46-44-42-40-38-36-34-32-28-26-24-22-20-18-16-14-12-10-8-6-4-2)59-91-75-71(89)68(86)73(63(57-80)93-75)96-77-72(90)69(87)74(64(58-81)94-77)95-76-70(88)67(85)66(84)62(56-79)92-76/h5,7,11,13,17,19,23,25,29-30,33,35,60-64,66-77,79-82,84-90H,3-4,6,8-10,12,14-16,18,20-22,24,26-28,31-32,34,36-59H2,1-2H3,(H,78,83)/b7-5-,13-11-,19-17-,25-23-,30-29-,35-33-. The summed E-state index contributed by atoms with van der Waals surface area (Å²) in [6.07, 6.45) is 46.8. The number of carbonyl (C=O) groups excluding carboxylic acids is 1. The number of rotatable bonds is 59. The van der Waals surface area contributed by atoms with Crippen molar-refractivity contribution in [3.8, 4) is 0 Å². The maximum absolute atomic E-state index is 13.5. The van der Waals surface area contributed by atoms with Crippen LogP contribution >= 0.6 is 0 Å². The fourth-order valence-corrected chi connectivity index (χ4v) is 12.7. The third-order valence-corrected chi connectivity index (χ3v) is 18.8. The monoisotopic (exact) mass is 1360 g/mol. The minimum absolute atomic E-state index is 0.251. The summed E-state index contributed by atoms with van der Waals surface area (Å²) in [4.78, 5) is 13.5. The quantitative estimate of drug-likeness (QED) is 0.0199. The van der Waals surface area contributed by atoms with Crippen LogP contribution in [0.1, 0.15) is 277 Å². The van der Waals surface area contributed by atoms with Gasteiger partial charge in [-0.2, -0.15) is 0 Å². The number of unbranched alkanes of at least 4 members (excludes halogenated alkanes) is 31. The minimum Gasteiger partial charge on any atom is -0.394 e. The van der Waals surface area contributed by atoms with Gasteiger partial charge in [-0.3, -0.25) is 4.79 Å². The van der Waals surface area contributed by atoms with Gasteiger partial charge in [-0.15, -0.1) is 0 Å². The molecule has 3 fully saturated rings. The van der Waals surface area contributed by atoms with E-state index in [1.54, 1.807) is 0 Å². The molecular weight excluding hydrogens is 1230 g/mol. The highest BCUT2D eigenvalue weighted by Gasteiger charge is 2.53. The van der Waals surface area contributed by atoms with Crippen LogP contribution in [0.4, 0.5) is 0 Å². The van der Waals surface area contributed by atoms with Crippen LogP contribution in [-0.2, 0) is 33.2 Å². The Balaban J connectivity index is 1.40. The maximum atomic E-state index is 13.5. The van der Waals surface area contributed by atoms with Gasteiger partial charge in [-0.1, -0.05) is 279 Å². The molecule has 3 heterocycles. The van der Waals surface area contributed by atoms with Gasteiger partial charge in [0.2, 0.25) is 5.91 Å². The van der Waals surface area contributed by atoms with Crippen LogP contribution in [0.2, 0.25) is 0 Å². The van der Waals surface area contributed by atoms with Gasteiger partial charge in [0, 0.05) is 6.42 Å². The van der Waals surface area contributed by atoms with E-state index in [2.05, 4.69) is 92.1 Å². The highest BCUT2D eigenvalue weighted by Crippen LogP contribution is 2.33. The van der Waals surface area contributed by atoms with Gasteiger partial charge in [-0.05, 0) is 64.2 Å². The van der Waals surface area contributed by atoms with Crippen LogP contribution in [0.3, 0.4) is 0 Å². The fraction of sp³-hybridized carbons (Fsp3) is 0.831. The molecule has 558 valence electrons. The Bertz CT molecular complexity index is 2020. The van der Waals surface area contributed by atoms with Crippen LogP contribution in [0.5, 0.6) is 0 Å². The molecule has 19 heteroatoms. The second kappa shape index (κ2) is 57.8. The Morgan fingerprint density at radius 3 is 1.12 bits per heavy atom. The number of allylic oxidation sites excluding steroid dienone is 12. The molecule has 0 aromatic rings. The highest BCUT2D eigenvalue weighted by atomic mass is 16.8. The van der Waals surface area contributed by atoms with E-state index in [1.807, 2.05) is 0 Å². The Morgan fingerprint density at radius 1 is 0.385 bits per heavy atom. The Kier molecular flexibility index (Phi) is 52.7. The van der Waals surface area contributed by atoms with Gasteiger partial charge < -0.3 is 89.9 Å². The van der Waals surface area contributed by atoms with Crippen molar-refractivity contribution in [3.05, 3.63) is 72.9 Å². The molecule has 0 aromatic heterocycles. The molecule has 0 saturated carbocycles. The first kappa shape index (κ1) is 87.4. The first-order valence-electron chi connectivity index (χ1n) is 38.2. The summed E-state index contributed by atoms with van der Waals surface area (Å²) in [5, 5.41) is 121. The summed E-state index contributed by atoms with van der Waals surface area (Å²) in [6.45, 7) is 1.70.